The number of hydrogen-bond acceptors (Lipinski definition) is 2. The van der Waals surface area contributed by atoms with Gasteiger partial charge in [0.15, 0.2) is 0 Å². The average molecular weight is 211 g/mol. The molecule has 0 bridgehead atoms. The van der Waals surface area contributed by atoms with Crippen molar-refractivity contribution in [3.8, 4) is 0 Å². The molecule has 2 heteroatoms. The van der Waals surface area contributed by atoms with Gasteiger partial charge in [0.05, 0.1) is 5.52 Å². The first-order chi connectivity index (χ1) is 7.83. The lowest BCUT2D eigenvalue weighted by Crippen LogP contribution is -1.86. The fraction of sp³-hybridized carbons (Fsp3) is 0.143. The van der Waals surface area contributed by atoms with E-state index in [-0.39, 0.29) is 0 Å². The zero-order chi connectivity index (χ0) is 11.4. The van der Waals surface area contributed by atoms with E-state index in [1.807, 2.05) is 24.3 Å². The van der Waals surface area contributed by atoms with Gasteiger partial charge in [0.2, 0.25) is 0 Å². The SMILES string of the molecule is Cc1c(C=CCC=O)ccc2cccnc12. The minimum Gasteiger partial charge on any atom is -0.303 e. The van der Waals surface area contributed by atoms with Crippen molar-refractivity contribution >= 4 is 23.3 Å². The number of allylic oxidation sites excluding steroid dienone is 1. The van der Waals surface area contributed by atoms with E-state index in [1.54, 1.807) is 6.20 Å². The van der Waals surface area contributed by atoms with Crippen LogP contribution in [0.15, 0.2) is 36.5 Å². The van der Waals surface area contributed by atoms with Crippen molar-refractivity contribution in [3.63, 3.8) is 0 Å². The van der Waals surface area contributed by atoms with Crippen LogP contribution < -0.4 is 0 Å². The highest BCUT2D eigenvalue weighted by Crippen LogP contribution is 2.20. The standard InChI is InChI=1S/C14H13NO/c1-11-12(5-2-3-10-16)7-8-13-6-4-9-15-14(11)13/h2,4-10H,3H2,1H3. The molecule has 2 aromatic rings. The van der Waals surface area contributed by atoms with E-state index in [1.165, 1.54) is 0 Å². The van der Waals surface area contributed by atoms with Gasteiger partial charge in [-0.05, 0) is 24.1 Å². The Morgan fingerprint density at radius 2 is 2.19 bits per heavy atom. The smallest absolute Gasteiger partial charge is 0.123 e. The summed E-state index contributed by atoms with van der Waals surface area (Å²) in [6, 6.07) is 8.09. The number of nitrogens with zero attached hydrogens (tertiary/aromatic N) is 1. The third kappa shape index (κ3) is 2.01. The predicted molar refractivity (Wildman–Crippen MR) is 66.2 cm³/mol. The fourth-order valence-corrected chi connectivity index (χ4v) is 1.74. The number of carbonyl (C=O) groups is 1. The molecule has 0 saturated carbocycles. The summed E-state index contributed by atoms with van der Waals surface area (Å²) in [5.41, 5.74) is 3.30. The van der Waals surface area contributed by atoms with Gasteiger partial charge in [-0.3, -0.25) is 4.98 Å². The molecule has 0 N–H and O–H groups in total. The second-order valence-electron chi connectivity index (χ2n) is 3.66. The molecule has 1 aromatic heterocycles. The Hall–Kier alpha value is -1.96. The van der Waals surface area contributed by atoms with Crippen LogP contribution in [-0.2, 0) is 4.79 Å². The van der Waals surface area contributed by atoms with Gasteiger partial charge >= 0.3 is 0 Å². The molecular formula is C14H13NO. The molecule has 0 spiro atoms. The quantitative estimate of drug-likeness (QED) is 0.730. The van der Waals surface area contributed by atoms with E-state index in [0.717, 1.165) is 28.3 Å². The number of carbonyl (C=O) groups excluding carboxylic acids is 1. The molecule has 1 aromatic carbocycles. The van der Waals surface area contributed by atoms with Crippen molar-refractivity contribution in [3.05, 3.63) is 47.7 Å². The van der Waals surface area contributed by atoms with Crippen LogP contribution in [0.3, 0.4) is 0 Å². The van der Waals surface area contributed by atoms with Gasteiger partial charge < -0.3 is 4.79 Å². The molecule has 2 rings (SSSR count). The Labute approximate surface area is 94.6 Å². The predicted octanol–water partition coefficient (Wildman–Crippen LogP) is 3.15. The highest BCUT2D eigenvalue weighted by atomic mass is 16.1. The summed E-state index contributed by atoms with van der Waals surface area (Å²) in [7, 11) is 0. The normalized spacial score (nSPS) is 11.1. The van der Waals surface area contributed by atoms with Crippen LogP contribution in [0, 0.1) is 6.92 Å². The molecule has 2 nitrogen and oxygen atoms in total. The maximum absolute atomic E-state index is 10.2. The number of aryl methyl sites for hydroxylation is 1. The molecular weight excluding hydrogens is 198 g/mol. The molecule has 0 amide bonds. The summed E-state index contributed by atoms with van der Waals surface area (Å²) >= 11 is 0. The molecule has 0 unspecified atom stereocenters. The molecule has 0 aliphatic carbocycles. The van der Waals surface area contributed by atoms with Gasteiger partial charge in [-0.1, -0.05) is 30.4 Å². The van der Waals surface area contributed by atoms with E-state index in [9.17, 15) is 4.79 Å². The summed E-state index contributed by atoms with van der Waals surface area (Å²) in [6.07, 6.45) is 6.99. The molecule has 0 aliphatic heterocycles. The maximum Gasteiger partial charge on any atom is 0.123 e. The van der Waals surface area contributed by atoms with Gasteiger partial charge in [-0.15, -0.1) is 0 Å². The van der Waals surface area contributed by atoms with Crippen LogP contribution in [0.5, 0.6) is 0 Å². The highest BCUT2D eigenvalue weighted by molar-refractivity contribution is 5.84. The average Bonchev–Trinajstić information content (AvgIpc) is 2.33. The van der Waals surface area contributed by atoms with Crippen molar-refractivity contribution < 1.29 is 4.79 Å². The van der Waals surface area contributed by atoms with E-state index in [4.69, 9.17) is 0 Å². The van der Waals surface area contributed by atoms with Crippen molar-refractivity contribution in [2.75, 3.05) is 0 Å². The van der Waals surface area contributed by atoms with Gasteiger partial charge in [0, 0.05) is 18.0 Å². The van der Waals surface area contributed by atoms with E-state index < -0.39 is 0 Å². The van der Waals surface area contributed by atoms with Crippen molar-refractivity contribution in [2.45, 2.75) is 13.3 Å². The van der Waals surface area contributed by atoms with E-state index in [0.29, 0.717) is 6.42 Å². The molecule has 0 aliphatic rings. The number of benzene rings is 1. The van der Waals surface area contributed by atoms with Crippen molar-refractivity contribution in [2.24, 2.45) is 0 Å². The lowest BCUT2D eigenvalue weighted by molar-refractivity contribution is -0.107. The maximum atomic E-state index is 10.2. The Balaban J connectivity index is 2.48. The van der Waals surface area contributed by atoms with Crippen LogP contribution >= 0.6 is 0 Å². The van der Waals surface area contributed by atoms with Crippen LogP contribution in [-0.4, -0.2) is 11.3 Å². The third-order valence-electron chi connectivity index (χ3n) is 2.60. The van der Waals surface area contributed by atoms with Crippen LogP contribution in [0.25, 0.3) is 17.0 Å². The highest BCUT2D eigenvalue weighted by Gasteiger charge is 2.01. The van der Waals surface area contributed by atoms with Crippen LogP contribution in [0.4, 0.5) is 0 Å². The van der Waals surface area contributed by atoms with Crippen LogP contribution in [0.1, 0.15) is 17.5 Å². The van der Waals surface area contributed by atoms with E-state index >= 15 is 0 Å². The Morgan fingerprint density at radius 1 is 1.31 bits per heavy atom. The topological polar surface area (TPSA) is 30.0 Å². The molecule has 0 radical (unpaired) electrons. The fourth-order valence-electron chi connectivity index (χ4n) is 1.74. The van der Waals surface area contributed by atoms with Crippen molar-refractivity contribution in [1.82, 2.24) is 4.98 Å². The molecule has 0 fully saturated rings. The number of aldehydes is 1. The third-order valence-corrected chi connectivity index (χ3v) is 2.60. The summed E-state index contributed by atoms with van der Waals surface area (Å²) in [6.45, 7) is 2.05. The summed E-state index contributed by atoms with van der Waals surface area (Å²) < 4.78 is 0. The largest absolute Gasteiger partial charge is 0.303 e. The Bertz CT molecular complexity index is 543. The lowest BCUT2D eigenvalue weighted by Gasteiger charge is -2.04. The molecule has 0 atom stereocenters. The zero-order valence-corrected chi connectivity index (χ0v) is 9.18. The van der Waals surface area contributed by atoms with Crippen LogP contribution in [0.2, 0.25) is 0 Å². The molecule has 80 valence electrons. The van der Waals surface area contributed by atoms with Gasteiger partial charge in [-0.2, -0.15) is 0 Å². The number of fused-ring (bicyclic) bond motifs is 1. The second-order valence-corrected chi connectivity index (χ2v) is 3.66. The molecule has 0 saturated heterocycles. The first-order valence-electron chi connectivity index (χ1n) is 5.27. The zero-order valence-electron chi connectivity index (χ0n) is 9.18. The minimum absolute atomic E-state index is 0.458. The Kier molecular flexibility index (Phi) is 3.10. The minimum atomic E-state index is 0.458. The number of pyridine rings is 1. The summed E-state index contributed by atoms with van der Waals surface area (Å²) in [5, 5.41) is 1.15. The summed E-state index contributed by atoms with van der Waals surface area (Å²) in [4.78, 5) is 14.6. The number of rotatable bonds is 3. The first-order valence-corrected chi connectivity index (χ1v) is 5.27. The first kappa shape index (κ1) is 10.6. The number of hydrogen-bond donors (Lipinski definition) is 0. The number of aromatic nitrogens is 1. The van der Waals surface area contributed by atoms with Gasteiger partial charge in [0.25, 0.3) is 0 Å². The Morgan fingerprint density at radius 3 is 3.00 bits per heavy atom. The van der Waals surface area contributed by atoms with Gasteiger partial charge in [0.1, 0.15) is 6.29 Å². The van der Waals surface area contributed by atoms with Gasteiger partial charge in [-0.25, -0.2) is 0 Å². The van der Waals surface area contributed by atoms with Crippen molar-refractivity contribution in [1.29, 1.82) is 0 Å². The summed E-state index contributed by atoms with van der Waals surface area (Å²) in [5.74, 6) is 0. The molecule has 1 heterocycles. The second kappa shape index (κ2) is 4.71. The van der Waals surface area contributed by atoms with E-state index in [2.05, 4.69) is 24.0 Å². The monoisotopic (exact) mass is 211 g/mol. The lowest BCUT2D eigenvalue weighted by atomic mass is 10.0. The molecule has 16 heavy (non-hydrogen) atoms.